The summed E-state index contributed by atoms with van der Waals surface area (Å²) in [5, 5.41) is 0. The van der Waals surface area contributed by atoms with Crippen molar-refractivity contribution >= 4 is 11.9 Å². The highest BCUT2D eigenvalue weighted by atomic mass is 16.6. The third-order valence-electron chi connectivity index (χ3n) is 1.88. The van der Waals surface area contributed by atoms with Crippen molar-refractivity contribution in [2.75, 3.05) is 7.11 Å². The van der Waals surface area contributed by atoms with Crippen molar-refractivity contribution in [2.45, 2.75) is 60.5 Å². The van der Waals surface area contributed by atoms with Crippen LogP contribution in [0, 0.1) is 0 Å². The van der Waals surface area contributed by atoms with Crippen molar-refractivity contribution in [2.24, 2.45) is 0 Å². The van der Waals surface area contributed by atoms with Gasteiger partial charge in [0.15, 0.2) is 0 Å². The first-order chi connectivity index (χ1) is 9.78. The van der Waals surface area contributed by atoms with Gasteiger partial charge in [-0.1, -0.05) is 25.7 Å². The molecule has 0 fully saturated rings. The van der Waals surface area contributed by atoms with Crippen LogP contribution in [-0.2, 0) is 19.1 Å². The van der Waals surface area contributed by atoms with Gasteiger partial charge in [0.2, 0.25) is 0 Å². The number of ether oxygens (including phenoxy) is 2. The summed E-state index contributed by atoms with van der Waals surface area (Å²) in [6.07, 6.45) is 1.11. The predicted molar refractivity (Wildman–Crippen MR) is 92.6 cm³/mol. The minimum atomic E-state index is -0.407. The lowest BCUT2D eigenvalue weighted by molar-refractivity contribution is -0.149. The highest BCUT2D eigenvalue weighted by Gasteiger charge is 2.15. The van der Waals surface area contributed by atoms with Crippen molar-refractivity contribution in [3.8, 4) is 0 Å². The molecule has 0 radical (unpaired) electrons. The molecule has 0 atom stereocenters. The molecule has 0 saturated carbocycles. The highest BCUT2D eigenvalue weighted by molar-refractivity contribution is 5.87. The molecule has 0 aromatic heterocycles. The van der Waals surface area contributed by atoms with Gasteiger partial charge in [-0.25, -0.2) is 9.59 Å². The Hall–Kier alpha value is -1.84. The van der Waals surface area contributed by atoms with Crippen LogP contribution >= 0.6 is 0 Å². The van der Waals surface area contributed by atoms with E-state index in [1.54, 1.807) is 13.8 Å². The zero-order valence-corrected chi connectivity index (χ0v) is 15.5. The molecule has 0 heterocycles. The fourth-order valence-electron chi connectivity index (χ4n) is 0.539. The molecule has 0 spiro atoms. The van der Waals surface area contributed by atoms with Crippen LogP contribution in [0.3, 0.4) is 0 Å². The molecule has 0 bridgehead atoms. The Labute approximate surface area is 135 Å². The van der Waals surface area contributed by atoms with Crippen LogP contribution in [0.1, 0.15) is 54.9 Å². The Morgan fingerprint density at radius 3 is 1.27 bits per heavy atom. The molecule has 0 aliphatic carbocycles. The Morgan fingerprint density at radius 2 is 1.23 bits per heavy atom. The van der Waals surface area contributed by atoms with E-state index in [4.69, 9.17) is 4.74 Å². The summed E-state index contributed by atoms with van der Waals surface area (Å²) < 4.78 is 9.23. The van der Waals surface area contributed by atoms with E-state index in [0.29, 0.717) is 11.1 Å². The first kappa shape index (κ1) is 25.1. The number of methoxy groups -OCH3 is 1. The molecular weight excluding hydrogens is 280 g/mol. The number of hydrogen-bond donors (Lipinski definition) is 0. The lowest BCUT2D eigenvalue weighted by atomic mass is 10.2. The van der Waals surface area contributed by atoms with Crippen LogP contribution in [0.2, 0.25) is 0 Å². The molecule has 22 heavy (non-hydrogen) atoms. The molecular formula is C18H32O4. The third kappa shape index (κ3) is 23.3. The summed E-state index contributed by atoms with van der Waals surface area (Å²) in [5.41, 5.74) is 1.72. The van der Waals surface area contributed by atoms with E-state index < -0.39 is 5.60 Å². The Morgan fingerprint density at radius 1 is 0.909 bits per heavy atom. The number of carbonyl (C=O) groups is 2. The minimum Gasteiger partial charge on any atom is -0.466 e. The van der Waals surface area contributed by atoms with Crippen molar-refractivity contribution in [1.82, 2.24) is 0 Å². The summed E-state index contributed by atoms with van der Waals surface area (Å²) in [6.45, 7) is 23.3. The second-order valence-electron chi connectivity index (χ2n) is 5.86. The zero-order valence-electron chi connectivity index (χ0n) is 15.5. The standard InChI is InChI=1S/C8H14O2.C5H8O2.C5H10/c1-6(2)7(9)10-8(3,4)5;1-4(2)5(6)7-3;1-4-5(2)3/h1H2,2-5H3;1H2,2-3H3;2,4H2,1,3H3. The SMILES string of the molecule is C=C(C)C(=O)OC.C=C(C)C(=O)OC(C)(C)C.C=C(C)CC. The molecule has 0 rings (SSSR count). The minimum absolute atomic E-state index is 0.326. The largest absolute Gasteiger partial charge is 0.466 e. The Balaban J connectivity index is -0.000000263. The van der Waals surface area contributed by atoms with Crippen LogP contribution in [0.25, 0.3) is 0 Å². The van der Waals surface area contributed by atoms with Gasteiger partial charge in [-0.3, -0.25) is 0 Å². The van der Waals surface area contributed by atoms with Gasteiger partial charge in [-0.05, 0) is 48.0 Å². The summed E-state index contributed by atoms with van der Waals surface area (Å²) in [5.74, 6) is -0.674. The predicted octanol–water partition coefficient (Wildman–Crippen LogP) is 4.61. The summed E-state index contributed by atoms with van der Waals surface area (Å²) >= 11 is 0. The van der Waals surface area contributed by atoms with E-state index in [2.05, 4.69) is 31.4 Å². The fourth-order valence-corrected chi connectivity index (χ4v) is 0.539. The van der Waals surface area contributed by atoms with Crippen molar-refractivity contribution in [3.05, 3.63) is 36.5 Å². The number of esters is 2. The van der Waals surface area contributed by atoms with Crippen LogP contribution in [0.5, 0.6) is 0 Å². The second kappa shape index (κ2) is 12.9. The van der Waals surface area contributed by atoms with Crippen molar-refractivity contribution in [1.29, 1.82) is 0 Å². The van der Waals surface area contributed by atoms with Gasteiger partial charge >= 0.3 is 11.9 Å². The first-order valence-electron chi connectivity index (χ1n) is 7.05. The smallest absolute Gasteiger partial charge is 0.333 e. The number of allylic oxidation sites excluding steroid dienone is 1. The van der Waals surface area contributed by atoms with E-state index in [1.165, 1.54) is 12.7 Å². The van der Waals surface area contributed by atoms with Crippen LogP contribution in [-0.4, -0.2) is 24.6 Å². The molecule has 0 aromatic rings. The monoisotopic (exact) mass is 312 g/mol. The van der Waals surface area contributed by atoms with E-state index >= 15 is 0 Å². The Kier molecular flexibility index (Phi) is 14.7. The van der Waals surface area contributed by atoms with Gasteiger partial charge in [-0.2, -0.15) is 0 Å². The molecule has 0 aliphatic rings. The maximum Gasteiger partial charge on any atom is 0.333 e. The van der Waals surface area contributed by atoms with Gasteiger partial charge in [0, 0.05) is 11.1 Å². The molecule has 0 aromatic carbocycles. The van der Waals surface area contributed by atoms with E-state index in [1.807, 2.05) is 27.7 Å². The van der Waals surface area contributed by atoms with Crippen LogP contribution in [0.4, 0.5) is 0 Å². The molecule has 0 saturated heterocycles. The van der Waals surface area contributed by atoms with E-state index in [-0.39, 0.29) is 11.9 Å². The number of carbonyl (C=O) groups excluding carboxylic acids is 2. The quantitative estimate of drug-likeness (QED) is 0.434. The third-order valence-corrected chi connectivity index (χ3v) is 1.88. The maximum atomic E-state index is 10.8. The molecule has 0 N–H and O–H groups in total. The average molecular weight is 312 g/mol. The lowest BCUT2D eigenvalue weighted by Crippen LogP contribution is -2.23. The molecule has 4 nitrogen and oxygen atoms in total. The zero-order chi connectivity index (χ0) is 18.5. The van der Waals surface area contributed by atoms with E-state index in [9.17, 15) is 9.59 Å². The highest BCUT2D eigenvalue weighted by Crippen LogP contribution is 2.09. The normalized spacial score (nSPS) is 9.09. The average Bonchev–Trinajstić information content (AvgIpc) is 2.36. The lowest BCUT2D eigenvalue weighted by Gasteiger charge is -2.19. The summed E-state index contributed by atoms with van der Waals surface area (Å²) in [7, 11) is 1.33. The van der Waals surface area contributed by atoms with Crippen molar-refractivity contribution < 1.29 is 19.1 Å². The van der Waals surface area contributed by atoms with Gasteiger partial charge in [0.25, 0.3) is 0 Å². The Bertz CT molecular complexity index is 398. The van der Waals surface area contributed by atoms with Crippen LogP contribution < -0.4 is 0 Å². The van der Waals surface area contributed by atoms with Crippen LogP contribution in [0.15, 0.2) is 36.5 Å². The fraction of sp³-hybridized carbons (Fsp3) is 0.556. The van der Waals surface area contributed by atoms with Gasteiger partial charge < -0.3 is 9.47 Å². The molecule has 4 heteroatoms. The van der Waals surface area contributed by atoms with E-state index in [0.717, 1.165) is 6.42 Å². The number of rotatable bonds is 3. The maximum absolute atomic E-state index is 10.8. The molecule has 0 aliphatic heterocycles. The second-order valence-corrected chi connectivity index (χ2v) is 5.86. The van der Waals surface area contributed by atoms with Crippen molar-refractivity contribution in [3.63, 3.8) is 0 Å². The molecule has 0 amide bonds. The number of hydrogen-bond acceptors (Lipinski definition) is 4. The first-order valence-corrected chi connectivity index (χ1v) is 7.05. The van der Waals surface area contributed by atoms with Gasteiger partial charge in [0.05, 0.1) is 7.11 Å². The molecule has 128 valence electrons. The molecule has 0 unspecified atom stereocenters. The van der Waals surface area contributed by atoms with Gasteiger partial charge in [-0.15, -0.1) is 6.58 Å². The summed E-state index contributed by atoms with van der Waals surface area (Å²) in [4.78, 5) is 21.0. The topological polar surface area (TPSA) is 52.6 Å². The summed E-state index contributed by atoms with van der Waals surface area (Å²) in [6, 6.07) is 0. The van der Waals surface area contributed by atoms with Gasteiger partial charge in [0.1, 0.15) is 5.60 Å².